The van der Waals surface area contributed by atoms with Crippen LogP contribution in [0.2, 0.25) is 0 Å². The van der Waals surface area contributed by atoms with E-state index < -0.39 is 35.8 Å². The summed E-state index contributed by atoms with van der Waals surface area (Å²) in [6.07, 6.45) is -0.786. The molecule has 208 valence electrons. The Bertz CT molecular complexity index is 1410. The van der Waals surface area contributed by atoms with Gasteiger partial charge in [-0.3, -0.25) is 9.59 Å². The third kappa shape index (κ3) is 5.59. The molecule has 2 N–H and O–H groups in total. The third-order valence-corrected chi connectivity index (χ3v) is 7.17. The predicted octanol–water partition coefficient (Wildman–Crippen LogP) is 2.85. The number of rotatable bonds is 6. The average Bonchev–Trinajstić information content (AvgIpc) is 2.93. The van der Waals surface area contributed by atoms with Crippen molar-refractivity contribution in [1.82, 2.24) is 25.1 Å². The Morgan fingerprint density at radius 2 is 1.73 bits per heavy atom. The molecule has 0 bridgehead atoms. The molecular weight excluding hydrogens is 520 g/mol. The molecule has 0 aliphatic carbocycles. The second kappa shape index (κ2) is 11.3. The molecule has 2 atom stereocenters. The first-order valence-corrected chi connectivity index (χ1v) is 12.8. The second-order valence-corrected chi connectivity index (χ2v) is 9.93. The quantitative estimate of drug-likeness (QED) is 0.493. The van der Waals surface area contributed by atoms with Crippen LogP contribution < -0.4 is 5.32 Å². The zero-order valence-corrected chi connectivity index (χ0v) is 21.8. The molecule has 0 aromatic heterocycles. The van der Waals surface area contributed by atoms with E-state index >= 15 is 0 Å². The number of urea groups is 1. The monoisotopic (exact) mass is 549 g/mol. The number of phenols is 1. The molecule has 40 heavy (non-hydrogen) atoms. The number of piperazine rings is 1. The maximum absolute atomic E-state index is 14.6. The molecule has 3 aromatic rings. The first-order chi connectivity index (χ1) is 19.2. The van der Waals surface area contributed by atoms with E-state index in [9.17, 15) is 28.3 Å². The zero-order chi connectivity index (χ0) is 28.4. The molecule has 2 aliphatic heterocycles. The van der Waals surface area contributed by atoms with Crippen molar-refractivity contribution < 1.29 is 28.3 Å². The smallest absolute Gasteiger partial charge is 0.334 e. The molecular formula is C29H29F2N5O4. The summed E-state index contributed by atoms with van der Waals surface area (Å²) in [6, 6.07) is 17.2. The van der Waals surface area contributed by atoms with Gasteiger partial charge in [-0.1, -0.05) is 42.5 Å². The van der Waals surface area contributed by atoms with Crippen LogP contribution in [0.3, 0.4) is 0 Å². The van der Waals surface area contributed by atoms with Crippen LogP contribution in [0.15, 0.2) is 72.8 Å². The lowest BCUT2D eigenvalue weighted by Gasteiger charge is -2.54. The lowest BCUT2D eigenvalue weighted by Crippen LogP contribution is -2.76. The van der Waals surface area contributed by atoms with E-state index in [0.29, 0.717) is 5.56 Å². The molecule has 3 aromatic carbocycles. The van der Waals surface area contributed by atoms with Crippen LogP contribution in [0.5, 0.6) is 5.75 Å². The highest BCUT2D eigenvalue weighted by Gasteiger charge is 2.50. The van der Waals surface area contributed by atoms with Crippen LogP contribution >= 0.6 is 0 Å². The molecule has 1 unspecified atom stereocenters. The average molecular weight is 550 g/mol. The minimum absolute atomic E-state index is 0.0132. The zero-order valence-electron chi connectivity index (χ0n) is 21.8. The number of halogens is 2. The van der Waals surface area contributed by atoms with Crippen molar-refractivity contribution in [3.05, 3.63) is 101 Å². The number of hydrazine groups is 1. The number of amides is 4. The fourth-order valence-corrected chi connectivity index (χ4v) is 5.23. The number of hydrogen-bond donors (Lipinski definition) is 2. The highest BCUT2D eigenvalue weighted by Crippen LogP contribution is 2.29. The number of hydrogen-bond acceptors (Lipinski definition) is 5. The van der Waals surface area contributed by atoms with E-state index in [1.807, 2.05) is 30.3 Å². The Hall–Kier alpha value is -4.51. The first-order valence-electron chi connectivity index (χ1n) is 12.8. The van der Waals surface area contributed by atoms with E-state index in [-0.39, 0.29) is 49.8 Å². The molecule has 9 nitrogen and oxygen atoms in total. The number of benzene rings is 3. The van der Waals surface area contributed by atoms with Crippen molar-refractivity contribution in [2.24, 2.45) is 0 Å². The molecule has 11 heteroatoms. The van der Waals surface area contributed by atoms with Gasteiger partial charge in [0, 0.05) is 32.1 Å². The van der Waals surface area contributed by atoms with Crippen LogP contribution in [-0.4, -0.2) is 75.1 Å². The Morgan fingerprint density at radius 3 is 2.45 bits per heavy atom. The van der Waals surface area contributed by atoms with Crippen molar-refractivity contribution in [2.75, 3.05) is 20.1 Å². The third-order valence-electron chi connectivity index (χ3n) is 7.17. The Kier molecular flexibility index (Phi) is 7.65. The summed E-state index contributed by atoms with van der Waals surface area (Å²) in [7, 11) is 1.61. The molecule has 2 fully saturated rings. The Morgan fingerprint density at radius 1 is 1.00 bits per heavy atom. The van der Waals surface area contributed by atoms with Gasteiger partial charge >= 0.3 is 6.03 Å². The van der Waals surface area contributed by atoms with Crippen molar-refractivity contribution in [2.45, 2.75) is 31.7 Å². The van der Waals surface area contributed by atoms with Crippen LogP contribution in [0.1, 0.15) is 16.7 Å². The number of fused-ring (bicyclic) bond motifs is 1. The minimum atomic E-state index is -1.01. The van der Waals surface area contributed by atoms with Gasteiger partial charge < -0.3 is 20.2 Å². The van der Waals surface area contributed by atoms with Gasteiger partial charge in [0.05, 0.1) is 13.1 Å². The maximum atomic E-state index is 14.6. The highest BCUT2D eigenvalue weighted by molar-refractivity contribution is 5.91. The Labute approximate surface area is 230 Å². The Balaban J connectivity index is 1.47. The number of carbonyl (C=O) groups excluding carboxylic acids is 3. The summed E-state index contributed by atoms with van der Waals surface area (Å²) in [6.45, 7) is -0.224. The number of nitrogens with zero attached hydrogens (tertiary/aromatic N) is 4. The van der Waals surface area contributed by atoms with E-state index in [1.165, 1.54) is 32.0 Å². The van der Waals surface area contributed by atoms with Crippen LogP contribution in [0.4, 0.5) is 13.6 Å². The summed E-state index contributed by atoms with van der Waals surface area (Å²) in [4.78, 5) is 43.4. The van der Waals surface area contributed by atoms with Crippen molar-refractivity contribution in [3.8, 4) is 5.75 Å². The summed E-state index contributed by atoms with van der Waals surface area (Å²) < 4.78 is 28.5. The summed E-state index contributed by atoms with van der Waals surface area (Å²) in [5.74, 6) is -2.04. The van der Waals surface area contributed by atoms with Crippen molar-refractivity contribution >= 4 is 17.8 Å². The fraction of sp³-hybridized carbons (Fsp3) is 0.276. The highest BCUT2D eigenvalue weighted by atomic mass is 19.1. The van der Waals surface area contributed by atoms with E-state index in [0.717, 1.165) is 23.8 Å². The number of nitrogens with one attached hydrogen (secondary N) is 1. The molecule has 5 rings (SSSR count). The van der Waals surface area contributed by atoms with Gasteiger partial charge in [0.15, 0.2) is 0 Å². The van der Waals surface area contributed by atoms with Crippen LogP contribution in [-0.2, 0) is 29.1 Å². The second-order valence-electron chi connectivity index (χ2n) is 9.93. The molecule has 0 saturated carbocycles. The number of carbonyl (C=O) groups is 3. The number of phenolic OH excluding ortho intramolecular Hbond substituents is 1. The maximum Gasteiger partial charge on any atom is 0.334 e. The largest absolute Gasteiger partial charge is 0.508 e. The van der Waals surface area contributed by atoms with Gasteiger partial charge in [-0.25, -0.2) is 23.6 Å². The molecule has 0 radical (unpaired) electrons. The molecule has 4 amide bonds. The molecule has 2 aliphatic rings. The lowest BCUT2D eigenvalue weighted by molar-refractivity contribution is -0.187. The van der Waals surface area contributed by atoms with Crippen LogP contribution in [0, 0.1) is 11.6 Å². The number of likely N-dealkylation sites (N-methyl/N-ethyl adjacent to an activating group) is 1. The van der Waals surface area contributed by atoms with Gasteiger partial charge in [0.2, 0.25) is 11.8 Å². The van der Waals surface area contributed by atoms with Crippen LogP contribution in [0.25, 0.3) is 0 Å². The lowest BCUT2D eigenvalue weighted by atomic mass is 9.98. The minimum Gasteiger partial charge on any atom is -0.508 e. The number of aromatic hydroxyl groups is 1. The standard InChI is InChI=1S/C29H29F2N5O4/c1-33-18-27(38)35-25(13-19-7-10-23(37)11-8-19)28(39)34(16-21-14-22(30)9-12-24(21)31)17-26(35)36(33)29(40)32-15-20-5-3-2-4-6-20/h2-12,14,25-26,37H,13,15-18H2,1H3,(H,32,40)/t25-,26?/m0/s1. The van der Waals surface area contributed by atoms with Gasteiger partial charge in [-0.05, 0) is 41.5 Å². The SMILES string of the molecule is CN1CC(=O)N2C(CN(Cc3cc(F)ccc3F)C(=O)[C@@H]2Cc2ccc(O)cc2)N1C(=O)NCc1ccccc1. The predicted molar refractivity (Wildman–Crippen MR) is 141 cm³/mol. The fourth-order valence-electron chi connectivity index (χ4n) is 5.23. The van der Waals surface area contributed by atoms with E-state index in [1.54, 1.807) is 19.2 Å². The topological polar surface area (TPSA) is 96.4 Å². The van der Waals surface area contributed by atoms with Crippen molar-refractivity contribution in [1.29, 1.82) is 0 Å². The summed E-state index contributed by atoms with van der Waals surface area (Å²) >= 11 is 0. The molecule has 0 spiro atoms. The normalized spacial score (nSPS) is 19.5. The van der Waals surface area contributed by atoms with Crippen molar-refractivity contribution in [3.63, 3.8) is 0 Å². The summed E-state index contributed by atoms with van der Waals surface area (Å²) in [5, 5.41) is 15.5. The van der Waals surface area contributed by atoms with Gasteiger partial charge in [-0.15, -0.1) is 0 Å². The van der Waals surface area contributed by atoms with Gasteiger partial charge in [-0.2, -0.15) is 0 Å². The van der Waals surface area contributed by atoms with E-state index in [4.69, 9.17) is 0 Å². The molecule has 2 saturated heterocycles. The first kappa shape index (κ1) is 27.1. The van der Waals surface area contributed by atoms with E-state index in [2.05, 4.69) is 5.32 Å². The summed E-state index contributed by atoms with van der Waals surface area (Å²) in [5.41, 5.74) is 1.55. The van der Waals surface area contributed by atoms with Gasteiger partial charge in [0.1, 0.15) is 29.6 Å². The van der Waals surface area contributed by atoms with Gasteiger partial charge in [0.25, 0.3) is 0 Å². The molecule has 2 heterocycles.